The molecule has 0 aromatic rings. The van der Waals surface area contributed by atoms with Gasteiger partial charge in [-0.05, 0) is 0 Å². The van der Waals surface area contributed by atoms with Gasteiger partial charge in [0.1, 0.15) is 0 Å². The van der Waals surface area contributed by atoms with Crippen LogP contribution < -0.4 is 0 Å². The summed E-state index contributed by atoms with van der Waals surface area (Å²) in [6, 6.07) is 0. The number of aliphatic hydroxyl groups is 1. The standard InChI is InChI=1S/C6H2B2O12/c9-1-2(10)16-7(15-1)19-5(13)6(14)20-8-17-3(11)4(12)18-8/h1,9H. The molecule has 0 radical (unpaired) electrons. The number of hydrogen-bond acceptors (Lipinski definition) is 12. The summed E-state index contributed by atoms with van der Waals surface area (Å²) >= 11 is 0. The summed E-state index contributed by atoms with van der Waals surface area (Å²) in [7, 11) is -3.96. The highest BCUT2D eigenvalue weighted by Crippen LogP contribution is 2.10. The van der Waals surface area contributed by atoms with Gasteiger partial charge in [0.15, 0.2) is 0 Å². The lowest BCUT2D eigenvalue weighted by atomic mass is 10.2. The Bertz CT molecular complexity index is 484. The Morgan fingerprint density at radius 3 is 1.90 bits per heavy atom. The van der Waals surface area contributed by atoms with Gasteiger partial charge in [0, 0.05) is 0 Å². The third-order valence-electron chi connectivity index (χ3n) is 1.80. The molecule has 2 aliphatic rings. The number of carbonyl (C=O) groups is 5. The summed E-state index contributed by atoms with van der Waals surface area (Å²) < 4.78 is 24.9. The molecule has 2 aliphatic heterocycles. The lowest BCUT2D eigenvalue weighted by molar-refractivity contribution is -0.160. The molecule has 0 aromatic carbocycles. The topological polar surface area (TPSA) is 161 Å². The summed E-state index contributed by atoms with van der Waals surface area (Å²) in [6.07, 6.45) is -1.96. The van der Waals surface area contributed by atoms with Crippen molar-refractivity contribution in [3.05, 3.63) is 0 Å². The molecule has 1 atom stereocenters. The summed E-state index contributed by atoms with van der Waals surface area (Å²) in [5.74, 6) is -7.48. The van der Waals surface area contributed by atoms with Crippen molar-refractivity contribution in [2.75, 3.05) is 0 Å². The van der Waals surface area contributed by atoms with E-state index in [1.807, 2.05) is 0 Å². The summed E-state index contributed by atoms with van der Waals surface area (Å²) in [5.41, 5.74) is 0. The van der Waals surface area contributed by atoms with E-state index in [0.29, 0.717) is 0 Å². The molecular formula is C6H2B2O12. The largest absolute Gasteiger partial charge is 0.871 e. The van der Waals surface area contributed by atoms with E-state index < -0.39 is 50.8 Å². The van der Waals surface area contributed by atoms with Crippen molar-refractivity contribution in [3.63, 3.8) is 0 Å². The normalized spacial score (nSPS) is 21.2. The quantitative estimate of drug-likeness (QED) is 0.388. The van der Waals surface area contributed by atoms with Crippen molar-refractivity contribution in [2.45, 2.75) is 6.29 Å². The first-order valence-corrected chi connectivity index (χ1v) is 4.74. The fourth-order valence-corrected chi connectivity index (χ4v) is 1.01. The SMILES string of the molecule is O=C1OB(OC(=O)C(=O)OB2OC(=O)C(O)O2)OC1=O. The molecule has 104 valence electrons. The van der Waals surface area contributed by atoms with Crippen LogP contribution in [0.2, 0.25) is 0 Å². The highest BCUT2D eigenvalue weighted by Gasteiger charge is 2.50. The zero-order chi connectivity index (χ0) is 14.9. The van der Waals surface area contributed by atoms with Crippen LogP contribution in [0.3, 0.4) is 0 Å². The van der Waals surface area contributed by atoms with Gasteiger partial charge in [-0.3, -0.25) is 0 Å². The Labute approximate surface area is 109 Å². The smallest absolute Gasteiger partial charge is 0.470 e. The molecule has 2 saturated heterocycles. The first-order chi connectivity index (χ1) is 9.36. The zero-order valence-electron chi connectivity index (χ0n) is 9.17. The molecule has 0 saturated carbocycles. The number of aliphatic hydroxyl groups excluding tert-OH is 1. The lowest BCUT2D eigenvalue weighted by Gasteiger charge is -2.05. The molecule has 1 unspecified atom stereocenters. The Kier molecular flexibility index (Phi) is 3.58. The fourth-order valence-electron chi connectivity index (χ4n) is 1.01. The number of hydrogen-bond donors (Lipinski definition) is 1. The highest BCUT2D eigenvalue weighted by molar-refractivity contribution is 6.59. The van der Waals surface area contributed by atoms with Crippen LogP contribution in [0.25, 0.3) is 0 Å². The predicted octanol–water partition coefficient (Wildman–Crippen LogP) is -3.97. The molecule has 2 rings (SSSR count). The van der Waals surface area contributed by atoms with Crippen molar-refractivity contribution < 1.29 is 57.0 Å². The maximum absolute atomic E-state index is 11.1. The number of carbonyl (C=O) groups excluding carboxylic acids is 5. The van der Waals surface area contributed by atoms with Gasteiger partial charge in [-0.1, -0.05) is 0 Å². The van der Waals surface area contributed by atoms with E-state index >= 15 is 0 Å². The average molecular weight is 288 g/mol. The molecule has 20 heavy (non-hydrogen) atoms. The second kappa shape index (κ2) is 5.18. The summed E-state index contributed by atoms with van der Waals surface area (Å²) in [5, 5.41) is 8.79. The molecule has 2 fully saturated rings. The summed E-state index contributed by atoms with van der Waals surface area (Å²) in [6.45, 7) is 0. The Morgan fingerprint density at radius 1 is 0.950 bits per heavy atom. The minimum Gasteiger partial charge on any atom is -0.470 e. The van der Waals surface area contributed by atoms with Crippen LogP contribution >= 0.6 is 0 Å². The molecule has 0 spiro atoms. The first kappa shape index (κ1) is 13.8. The van der Waals surface area contributed by atoms with Crippen LogP contribution in [0.15, 0.2) is 0 Å². The van der Waals surface area contributed by atoms with E-state index in [9.17, 15) is 24.0 Å². The third kappa shape index (κ3) is 2.86. The summed E-state index contributed by atoms with van der Waals surface area (Å²) in [4.78, 5) is 54.1. The van der Waals surface area contributed by atoms with Crippen LogP contribution in [-0.2, 0) is 51.9 Å². The van der Waals surface area contributed by atoms with E-state index in [1.54, 1.807) is 0 Å². The molecule has 1 N–H and O–H groups in total. The van der Waals surface area contributed by atoms with Crippen LogP contribution in [0.1, 0.15) is 0 Å². The van der Waals surface area contributed by atoms with Crippen LogP contribution in [0, 0.1) is 0 Å². The minimum absolute atomic E-state index is 1.23. The molecule has 0 aromatic heterocycles. The maximum atomic E-state index is 11.1. The molecule has 12 nitrogen and oxygen atoms in total. The molecule has 0 bridgehead atoms. The Morgan fingerprint density at radius 2 is 1.45 bits per heavy atom. The van der Waals surface area contributed by atoms with Crippen LogP contribution in [-0.4, -0.2) is 55.9 Å². The second-order valence-corrected chi connectivity index (χ2v) is 3.12. The van der Waals surface area contributed by atoms with E-state index in [2.05, 4.69) is 27.9 Å². The van der Waals surface area contributed by atoms with Gasteiger partial charge in [0.05, 0.1) is 0 Å². The van der Waals surface area contributed by atoms with Crippen molar-refractivity contribution in [1.82, 2.24) is 0 Å². The van der Waals surface area contributed by atoms with Gasteiger partial charge in [-0.2, -0.15) is 0 Å². The average Bonchev–Trinajstić information content (AvgIpc) is 2.83. The molecular weight excluding hydrogens is 286 g/mol. The van der Waals surface area contributed by atoms with E-state index in [4.69, 9.17) is 5.11 Å². The fraction of sp³-hybridized carbons (Fsp3) is 0.167. The van der Waals surface area contributed by atoms with Crippen LogP contribution in [0.4, 0.5) is 0 Å². The Hall–Kier alpha value is -2.60. The second-order valence-electron chi connectivity index (χ2n) is 3.12. The van der Waals surface area contributed by atoms with Gasteiger partial charge >= 0.3 is 44.5 Å². The zero-order valence-corrected chi connectivity index (χ0v) is 9.17. The number of rotatable bonds is 2. The van der Waals surface area contributed by atoms with Gasteiger partial charge < -0.3 is 33.0 Å². The van der Waals surface area contributed by atoms with Gasteiger partial charge in [0.2, 0.25) is 6.29 Å². The molecule has 0 aliphatic carbocycles. The molecule has 14 heteroatoms. The maximum Gasteiger partial charge on any atom is 0.871 e. The minimum atomic E-state index is -2.02. The van der Waals surface area contributed by atoms with Crippen molar-refractivity contribution in [3.8, 4) is 0 Å². The van der Waals surface area contributed by atoms with E-state index in [1.165, 1.54) is 0 Å². The van der Waals surface area contributed by atoms with Crippen molar-refractivity contribution in [1.29, 1.82) is 0 Å². The van der Waals surface area contributed by atoms with Gasteiger partial charge in [-0.15, -0.1) is 0 Å². The lowest BCUT2D eigenvalue weighted by Crippen LogP contribution is -2.34. The monoisotopic (exact) mass is 288 g/mol. The third-order valence-corrected chi connectivity index (χ3v) is 1.80. The van der Waals surface area contributed by atoms with E-state index in [0.717, 1.165) is 0 Å². The van der Waals surface area contributed by atoms with Crippen LogP contribution in [0.5, 0.6) is 0 Å². The van der Waals surface area contributed by atoms with Gasteiger partial charge in [0.25, 0.3) is 0 Å². The first-order valence-electron chi connectivity index (χ1n) is 4.74. The molecule has 0 amide bonds. The highest BCUT2D eigenvalue weighted by atomic mass is 16.8. The van der Waals surface area contributed by atoms with Crippen molar-refractivity contribution >= 4 is 44.5 Å². The van der Waals surface area contributed by atoms with E-state index in [-0.39, 0.29) is 0 Å². The van der Waals surface area contributed by atoms with Crippen molar-refractivity contribution in [2.24, 2.45) is 0 Å². The Balaban J connectivity index is 1.81. The van der Waals surface area contributed by atoms with Gasteiger partial charge in [-0.25, -0.2) is 24.0 Å². The molecule has 2 heterocycles. The predicted molar refractivity (Wildman–Crippen MR) is 49.1 cm³/mol.